The van der Waals surface area contributed by atoms with E-state index < -0.39 is 18.1 Å². The second kappa shape index (κ2) is 21.6. The number of rotatable bonds is 23. The summed E-state index contributed by atoms with van der Waals surface area (Å²) < 4.78 is 10.7. The molecule has 2 unspecified atom stereocenters. The smallest absolute Gasteiger partial charge is 0.305 e. The summed E-state index contributed by atoms with van der Waals surface area (Å²) in [5.41, 5.74) is 0. The third kappa shape index (κ3) is 21.3. The first-order chi connectivity index (χ1) is 16.7. The number of likely N-dealkylation sites (N-methyl/N-ethyl adjacent to an activating group) is 1. The van der Waals surface area contributed by atoms with Crippen LogP contribution in [0.1, 0.15) is 90.4 Å². The SMILES string of the molecule is CCCCC/C=C/C=C/CCCCCCCCC(=O)OCC(O)COCCC(C(=O)[O-])[N+](C)(C)C. The molecule has 0 aliphatic rings. The van der Waals surface area contributed by atoms with Gasteiger partial charge >= 0.3 is 5.97 Å². The number of aliphatic hydroxyl groups excluding tert-OH is 1. The van der Waals surface area contributed by atoms with Crippen LogP contribution >= 0.6 is 0 Å². The molecule has 0 aliphatic heterocycles. The predicted octanol–water partition coefficient (Wildman–Crippen LogP) is 3.94. The first kappa shape index (κ1) is 33.3. The van der Waals surface area contributed by atoms with E-state index in [1.165, 1.54) is 44.9 Å². The van der Waals surface area contributed by atoms with E-state index in [2.05, 4.69) is 31.2 Å². The van der Waals surface area contributed by atoms with Gasteiger partial charge in [-0.1, -0.05) is 69.8 Å². The van der Waals surface area contributed by atoms with E-state index in [1.54, 1.807) is 21.1 Å². The van der Waals surface area contributed by atoms with Gasteiger partial charge in [-0.2, -0.15) is 0 Å². The Morgan fingerprint density at radius 3 is 2.03 bits per heavy atom. The van der Waals surface area contributed by atoms with Crippen molar-refractivity contribution in [2.45, 2.75) is 103 Å². The molecule has 0 aromatic rings. The Hall–Kier alpha value is -1.70. The second-order valence-electron chi connectivity index (χ2n) is 10.2. The third-order valence-corrected chi connectivity index (χ3v) is 5.85. The minimum absolute atomic E-state index is 0.00533. The number of hydrogen-bond acceptors (Lipinski definition) is 6. The fraction of sp³-hybridized carbons (Fsp3) is 0.786. The molecule has 0 amide bonds. The summed E-state index contributed by atoms with van der Waals surface area (Å²) >= 11 is 0. The lowest BCUT2D eigenvalue weighted by atomic mass is 10.1. The van der Waals surface area contributed by atoms with Crippen molar-refractivity contribution in [2.24, 2.45) is 0 Å². The number of aliphatic hydroxyl groups is 1. The number of nitrogens with zero attached hydrogens (tertiary/aromatic N) is 1. The monoisotopic (exact) mass is 497 g/mol. The van der Waals surface area contributed by atoms with Crippen molar-refractivity contribution < 1.29 is 33.8 Å². The largest absolute Gasteiger partial charge is 0.544 e. The van der Waals surface area contributed by atoms with Gasteiger partial charge < -0.3 is 29.0 Å². The number of carboxylic acids is 1. The van der Waals surface area contributed by atoms with Crippen molar-refractivity contribution >= 4 is 11.9 Å². The summed E-state index contributed by atoms with van der Waals surface area (Å²) in [6, 6.07) is -0.686. The topological polar surface area (TPSA) is 95.9 Å². The number of carbonyl (C=O) groups is 2. The standard InChI is InChI=1S/C28H51NO6/c1-5-6-7-8-9-10-11-12-13-14-15-16-17-18-19-20-27(31)35-24-25(30)23-34-22-21-26(28(32)33)29(2,3)4/h9-12,25-26,30H,5-8,13-24H2,1-4H3/b10-9+,12-11+. The van der Waals surface area contributed by atoms with E-state index in [0.29, 0.717) is 6.42 Å². The van der Waals surface area contributed by atoms with Gasteiger partial charge in [0.2, 0.25) is 0 Å². The summed E-state index contributed by atoms with van der Waals surface area (Å²) in [6.07, 6.45) is 21.2. The molecule has 0 rings (SSSR count). The molecule has 0 aromatic heterocycles. The normalized spacial score (nSPS) is 14.0. The lowest BCUT2D eigenvalue weighted by molar-refractivity contribution is -0.889. The molecule has 0 fully saturated rings. The summed E-state index contributed by atoms with van der Waals surface area (Å²) in [7, 11) is 5.34. The van der Waals surface area contributed by atoms with Gasteiger partial charge in [0.15, 0.2) is 0 Å². The van der Waals surface area contributed by atoms with Crippen molar-refractivity contribution in [3.8, 4) is 0 Å². The number of esters is 1. The van der Waals surface area contributed by atoms with E-state index in [9.17, 15) is 19.8 Å². The molecule has 7 heteroatoms. The number of carboxylic acid groups (broad SMARTS) is 1. The molecule has 35 heavy (non-hydrogen) atoms. The average molecular weight is 498 g/mol. The molecule has 0 aliphatic carbocycles. The van der Waals surface area contributed by atoms with Crippen LogP contribution in [0.4, 0.5) is 0 Å². The molecule has 7 nitrogen and oxygen atoms in total. The van der Waals surface area contributed by atoms with Gasteiger partial charge in [0.05, 0.1) is 40.3 Å². The Morgan fingerprint density at radius 2 is 1.46 bits per heavy atom. The van der Waals surface area contributed by atoms with Gasteiger partial charge in [0, 0.05) is 12.8 Å². The van der Waals surface area contributed by atoms with E-state index in [0.717, 1.165) is 25.7 Å². The van der Waals surface area contributed by atoms with Crippen molar-refractivity contribution in [3.63, 3.8) is 0 Å². The zero-order valence-electron chi connectivity index (χ0n) is 22.7. The molecule has 1 N–H and O–H groups in total. The zero-order chi connectivity index (χ0) is 26.4. The molecular formula is C28H51NO6. The number of carbonyl (C=O) groups excluding carboxylic acids is 2. The maximum absolute atomic E-state index is 11.8. The average Bonchev–Trinajstić information content (AvgIpc) is 2.79. The molecular weight excluding hydrogens is 446 g/mol. The van der Waals surface area contributed by atoms with Crippen LogP contribution in [-0.2, 0) is 19.1 Å². The van der Waals surface area contributed by atoms with E-state index >= 15 is 0 Å². The number of allylic oxidation sites excluding steroid dienone is 4. The molecule has 0 spiro atoms. The molecule has 204 valence electrons. The second-order valence-corrected chi connectivity index (χ2v) is 10.2. The number of ether oxygens (including phenoxy) is 2. The Kier molecular flexibility index (Phi) is 20.5. The van der Waals surface area contributed by atoms with Crippen LogP contribution < -0.4 is 5.11 Å². The molecule has 0 bridgehead atoms. The first-order valence-corrected chi connectivity index (χ1v) is 13.4. The van der Waals surface area contributed by atoms with Gasteiger partial charge in [-0.3, -0.25) is 4.79 Å². The molecule has 0 heterocycles. The Morgan fingerprint density at radius 1 is 0.886 bits per heavy atom. The van der Waals surface area contributed by atoms with Crippen LogP contribution in [0.2, 0.25) is 0 Å². The lowest BCUT2D eigenvalue weighted by Gasteiger charge is -2.34. The lowest BCUT2D eigenvalue weighted by Crippen LogP contribution is -2.55. The summed E-state index contributed by atoms with van der Waals surface area (Å²) in [6.45, 7) is 2.29. The maximum atomic E-state index is 11.8. The zero-order valence-corrected chi connectivity index (χ0v) is 22.7. The molecule has 0 saturated carbocycles. The highest BCUT2D eigenvalue weighted by Crippen LogP contribution is 2.10. The predicted molar refractivity (Wildman–Crippen MR) is 139 cm³/mol. The van der Waals surface area contributed by atoms with Crippen molar-refractivity contribution in [3.05, 3.63) is 24.3 Å². The van der Waals surface area contributed by atoms with Crippen LogP contribution in [0, 0.1) is 0 Å². The van der Waals surface area contributed by atoms with Gasteiger partial charge in [-0.05, 0) is 32.1 Å². The Balaban J connectivity index is 3.60. The summed E-state index contributed by atoms with van der Waals surface area (Å²) in [5, 5.41) is 21.1. The third-order valence-electron chi connectivity index (χ3n) is 5.85. The number of unbranched alkanes of at least 4 members (excludes halogenated alkanes) is 9. The van der Waals surface area contributed by atoms with Gasteiger partial charge in [-0.15, -0.1) is 0 Å². The Bertz CT molecular complexity index is 597. The molecule has 2 atom stereocenters. The molecule has 0 saturated heterocycles. The van der Waals surface area contributed by atoms with Crippen LogP contribution in [0.25, 0.3) is 0 Å². The first-order valence-electron chi connectivity index (χ1n) is 13.4. The van der Waals surface area contributed by atoms with Crippen molar-refractivity contribution in [1.29, 1.82) is 0 Å². The van der Waals surface area contributed by atoms with E-state index in [1.807, 2.05) is 0 Å². The number of hydrogen-bond donors (Lipinski definition) is 1. The van der Waals surface area contributed by atoms with Crippen molar-refractivity contribution in [1.82, 2.24) is 0 Å². The number of quaternary nitrogens is 1. The van der Waals surface area contributed by atoms with Gasteiger partial charge in [0.1, 0.15) is 18.8 Å². The highest BCUT2D eigenvalue weighted by atomic mass is 16.5. The molecule has 0 aromatic carbocycles. The minimum atomic E-state index is -1.12. The minimum Gasteiger partial charge on any atom is -0.544 e. The van der Waals surface area contributed by atoms with Gasteiger partial charge in [0.25, 0.3) is 0 Å². The quantitative estimate of drug-likeness (QED) is 0.0994. The van der Waals surface area contributed by atoms with Crippen LogP contribution in [0.3, 0.4) is 0 Å². The van der Waals surface area contributed by atoms with Crippen molar-refractivity contribution in [2.75, 3.05) is 41.0 Å². The highest BCUT2D eigenvalue weighted by Gasteiger charge is 2.24. The van der Waals surface area contributed by atoms with E-state index in [4.69, 9.17) is 9.47 Å². The summed E-state index contributed by atoms with van der Waals surface area (Å²) in [5.74, 6) is -1.43. The number of aliphatic carboxylic acids is 1. The van der Waals surface area contributed by atoms with Crippen LogP contribution in [0.15, 0.2) is 24.3 Å². The van der Waals surface area contributed by atoms with Gasteiger partial charge in [-0.25, -0.2) is 0 Å². The van der Waals surface area contributed by atoms with E-state index in [-0.39, 0.29) is 36.7 Å². The summed E-state index contributed by atoms with van der Waals surface area (Å²) in [4.78, 5) is 23.0. The van der Waals surface area contributed by atoms with Crippen LogP contribution in [0.5, 0.6) is 0 Å². The highest BCUT2D eigenvalue weighted by molar-refractivity contribution is 5.69. The molecule has 0 radical (unpaired) electrons. The Labute approximate surface area is 213 Å². The van der Waals surface area contributed by atoms with Crippen LogP contribution in [-0.4, -0.2) is 74.6 Å². The fourth-order valence-corrected chi connectivity index (χ4v) is 3.65. The fourth-order valence-electron chi connectivity index (χ4n) is 3.65. The maximum Gasteiger partial charge on any atom is 0.305 e.